The van der Waals surface area contributed by atoms with Crippen LogP contribution in [-0.4, -0.2) is 27.1 Å². The predicted octanol–water partition coefficient (Wildman–Crippen LogP) is 2.51. The van der Waals surface area contributed by atoms with E-state index in [2.05, 4.69) is 20.5 Å². The zero-order valence-corrected chi connectivity index (χ0v) is 13.4. The van der Waals surface area contributed by atoms with Gasteiger partial charge in [0.25, 0.3) is 5.89 Å². The number of anilines is 1. The molecule has 8 nitrogen and oxygen atoms in total. The Hall–Kier alpha value is -3.07. The van der Waals surface area contributed by atoms with Gasteiger partial charge in [-0.2, -0.15) is 0 Å². The predicted molar refractivity (Wildman–Crippen MR) is 85.3 cm³/mol. The molecular weight excluding hydrogens is 332 g/mol. The second-order valence-electron chi connectivity index (χ2n) is 4.66. The van der Waals surface area contributed by atoms with Crippen LogP contribution >= 0.6 is 11.3 Å². The van der Waals surface area contributed by atoms with Crippen LogP contribution in [-0.2, 0) is 16.1 Å². The lowest BCUT2D eigenvalue weighted by atomic mass is 10.2. The van der Waals surface area contributed by atoms with Crippen LogP contribution in [0.2, 0.25) is 0 Å². The van der Waals surface area contributed by atoms with Gasteiger partial charge in [-0.15, -0.1) is 21.5 Å². The largest absolute Gasteiger partial charge is 0.451 e. The van der Waals surface area contributed by atoms with E-state index in [4.69, 9.17) is 9.15 Å². The Morgan fingerprint density at radius 3 is 2.79 bits per heavy atom. The summed E-state index contributed by atoms with van der Waals surface area (Å²) in [6, 6.07) is 9.26. The maximum atomic E-state index is 11.9. The van der Waals surface area contributed by atoms with E-state index >= 15 is 0 Å². The van der Waals surface area contributed by atoms with Gasteiger partial charge in [-0.1, -0.05) is 18.2 Å². The van der Waals surface area contributed by atoms with Crippen LogP contribution in [0.4, 0.5) is 5.13 Å². The van der Waals surface area contributed by atoms with Crippen molar-refractivity contribution in [3.05, 3.63) is 47.3 Å². The van der Waals surface area contributed by atoms with E-state index in [1.54, 1.807) is 0 Å². The lowest BCUT2D eigenvalue weighted by Crippen LogP contribution is -2.08. The molecule has 24 heavy (non-hydrogen) atoms. The Labute approximate surface area is 140 Å². The summed E-state index contributed by atoms with van der Waals surface area (Å²) >= 11 is 1.13. The standard InChI is InChI=1S/C15H12N4O4S/c1-9(20)16-15-17-11(8-24-15)14(21)22-7-12-18-19-13(23-12)10-5-3-2-4-6-10/h2-6,8H,7H2,1H3,(H,16,17,20). The number of hydrogen-bond donors (Lipinski definition) is 1. The number of carbonyl (C=O) groups is 2. The molecule has 0 bridgehead atoms. The minimum Gasteiger partial charge on any atom is -0.451 e. The molecule has 122 valence electrons. The molecule has 0 aliphatic heterocycles. The molecule has 0 spiro atoms. The number of benzene rings is 1. The molecule has 3 aromatic rings. The fourth-order valence-corrected chi connectivity index (χ4v) is 2.51. The molecule has 1 amide bonds. The minimum atomic E-state index is -0.637. The molecule has 1 N–H and O–H groups in total. The number of esters is 1. The molecule has 0 atom stereocenters. The Kier molecular flexibility index (Phi) is 4.62. The van der Waals surface area contributed by atoms with Crippen molar-refractivity contribution in [1.29, 1.82) is 0 Å². The van der Waals surface area contributed by atoms with E-state index in [9.17, 15) is 9.59 Å². The van der Waals surface area contributed by atoms with Crippen molar-refractivity contribution in [3.8, 4) is 11.5 Å². The molecule has 0 saturated heterocycles. The molecule has 3 rings (SSSR count). The zero-order valence-electron chi connectivity index (χ0n) is 12.6. The Morgan fingerprint density at radius 1 is 1.25 bits per heavy atom. The fraction of sp³-hybridized carbons (Fsp3) is 0.133. The lowest BCUT2D eigenvalue weighted by molar-refractivity contribution is -0.114. The average Bonchev–Trinajstić information content (AvgIpc) is 3.22. The molecule has 1 aromatic carbocycles. The van der Waals surface area contributed by atoms with Crippen LogP contribution in [0.15, 0.2) is 40.1 Å². The number of thiazole rings is 1. The topological polar surface area (TPSA) is 107 Å². The SMILES string of the molecule is CC(=O)Nc1nc(C(=O)OCc2nnc(-c3ccccc3)o2)cs1. The fourth-order valence-electron chi connectivity index (χ4n) is 1.79. The highest BCUT2D eigenvalue weighted by Gasteiger charge is 2.15. The van der Waals surface area contributed by atoms with Crippen molar-refractivity contribution in [2.45, 2.75) is 13.5 Å². The van der Waals surface area contributed by atoms with Gasteiger partial charge < -0.3 is 14.5 Å². The first-order valence-electron chi connectivity index (χ1n) is 6.90. The number of ether oxygens (including phenoxy) is 1. The molecule has 0 saturated carbocycles. The van der Waals surface area contributed by atoms with E-state index in [0.717, 1.165) is 16.9 Å². The van der Waals surface area contributed by atoms with Crippen LogP contribution in [0.1, 0.15) is 23.3 Å². The second-order valence-corrected chi connectivity index (χ2v) is 5.52. The number of rotatable bonds is 5. The average molecular weight is 344 g/mol. The molecule has 0 radical (unpaired) electrons. The van der Waals surface area contributed by atoms with E-state index in [1.165, 1.54) is 12.3 Å². The van der Waals surface area contributed by atoms with Gasteiger partial charge in [-0.3, -0.25) is 4.79 Å². The van der Waals surface area contributed by atoms with Gasteiger partial charge in [0, 0.05) is 17.9 Å². The molecule has 0 aliphatic carbocycles. The lowest BCUT2D eigenvalue weighted by Gasteiger charge is -1.98. The molecule has 2 heterocycles. The third kappa shape index (κ3) is 3.82. The van der Waals surface area contributed by atoms with Crippen LogP contribution in [0.3, 0.4) is 0 Å². The number of carbonyl (C=O) groups excluding carboxylic acids is 2. The highest BCUT2D eigenvalue weighted by atomic mass is 32.1. The molecule has 2 aromatic heterocycles. The Morgan fingerprint density at radius 2 is 2.04 bits per heavy atom. The van der Waals surface area contributed by atoms with Gasteiger partial charge in [-0.25, -0.2) is 9.78 Å². The van der Waals surface area contributed by atoms with Gasteiger partial charge in [-0.05, 0) is 12.1 Å². The number of amides is 1. The minimum absolute atomic E-state index is 0.103. The summed E-state index contributed by atoms with van der Waals surface area (Å²) in [5.41, 5.74) is 0.883. The molecule has 0 fully saturated rings. The molecule has 0 unspecified atom stereocenters. The summed E-state index contributed by atoms with van der Waals surface area (Å²) < 4.78 is 10.5. The summed E-state index contributed by atoms with van der Waals surface area (Å²) in [5.74, 6) is -0.367. The van der Waals surface area contributed by atoms with Crippen molar-refractivity contribution in [2.75, 3.05) is 5.32 Å². The highest BCUT2D eigenvalue weighted by Crippen LogP contribution is 2.18. The number of nitrogens with one attached hydrogen (secondary N) is 1. The third-order valence-corrected chi connectivity index (χ3v) is 3.57. The quantitative estimate of drug-likeness (QED) is 0.709. The van der Waals surface area contributed by atoms with Crippen molar-refractivity contribution in [1.82, 2.24) is 15.2 Å². The maximum absolute atomic E-state index is 11.9. The van der Waals surface area contributed by atoms with Crippen molar-refractivity contribution < 1.29 is 18.7 Å². The van der Waals surface area contributed by atoms with E-state index in [1.807, 2.05) is 30.3 Å². The van der Waals surface area contributed by atoms with E-state index in [-0.39, 0.29) is 24.1 Å². The van der Waals surface area contributed by atoms with Crippen LogP contribution < -0.4 is 5.32 Å². The van der Waals surface area contributed by atoms with Gasteiger partial charge in [0.1, 0.15) is 0 Å². The summed E-state index contributed by atoms with van der Waals surface area (Å²) in [6.07, 6.45) is 0. The van der Waals surface area contributed by atoms with Crippen LogP contribution in [0.5, 0.6) is 0 Å². The van der Waals surface area contributed by atoms with E-state index < -0.39 is 5.97 Å². The third-order valence-electron chi connectivity index (χ3n) is 2.81. The van der Waals surface area contributed by atoms with Gasteiger partial charge in [0.2, 0.25) is 11.8 Å². The summed E-state index contributed by atoms with van der Waals surface area (Å²) in [7, 11) is 0. The highest BCUT2D eigenvalue weighted by molar-refractivity contribution is 7.14. The van der Waals surface area contributed by atoms with Crippen LogP contribution in [0.25, 0.3) is 11.5 Å². The second kappa shape index (κ2) is 7.01. The Bertz CT molecular complexity index is 859. The molecular formula is C15H12N4O4S. The smallest absolute Gasteiger partial charge is 0.358 e. The number of nitrogens with zero attached hydrogens (tertiary/aromatic N) is 3. The monoisotopic (exact) mass is 344 g/mol. The summed E-state index contributed by atoms with van der Waals surface area (Å²) in [5, 5.41) is 12.1. The summed E-state index contributed by atoms with van der Waals surface area (Å²) in [6.45, 7) is 1.20. The first kappa shape index (κ1) is 15.8. The van der Waals surface area contributed by atoms with Gasteiger partial charge >= 0.3 is 5.97 Å². The summed E-state index contributed by atoms with van der Waals surface area (Å²) in [4.78, 5) is 26.8. The van der Waals surface area contributed by atoms with Crippen LogP contribution in [0, 0.1) is 0 Å². The first-order chi connectivity index (χ1) is 11.6. The van der Waals surface area contributed by atoms with Crippen molar-refractivity contribution in [3.63, 3.8) is 0 Å². The van der Waals surface area contributed by atoms with Crippen molar-refractivity contribution >= 4 is 28.3 Å². The molecule has 9 heteroatoms. The molecule has 0 aliphatic rings. The number of aromatic nitrogens is 3. The Balaban J connectivity index is 1.59. The zero-order chi connectivity index (χ0) is 16.9. The normalized spacial score (nSPS) is 10.4. The first-order valence-corrected chi connectivity index (χ1v) is 7.78. The maximum Gasteiger partial charge on any atom is 0.358 e. The van der Waals surface area contributed by atoms with Gasteiger partial charge in [0.05, 0.1) is 0 Å². The van der Waals surface area contributed by atoms with E-state index in [0.29, 0.717) is 11.0 Å². The van der Waals surface area contributed by atoms with Gasteiger partial charge in [0.15, 0.2) is 17.4 Å². The number of hydrogen-bond acceptors (Lipinski definition) is 8. The van der Waals surface area contributed by atoms with Crippen molar-refractivity contribution in [2.24, 2.45) is 0 Å².